The lowest BCUT2D eigenvalue weighted by Gasteiger charge is -2.20. The van der Waals surface area contributed by atoms with Crippen LogP contribution < -0.4 is 10.6 Å². The Morgan fingerprint density at radius 2 is 1.97 bits per heavy atom. The molecule has 0 aromatic carbocycles. The van der Waals surface area contributed by atoms with Crippen LogP contribution in [0.3, 0.4) is 0 Å². The Hall–Kier alpha value is -0.870. The van der Waals surface area contributed by atoms with Gasteiger partial charge >= 0.3 is 0 Å². The Kier molecular flexibility index (Phi) is 13.5. The highest BCUT2D eigenvalue weighted by Crippen LogP contribution is 2.22. The van der Waals surface area contributed by atoms with Crippen molar-refractivity contribution < 1.29 is 4.52 Å². The average Bonchev–Trinajstić information content (AvgIpc) is 3.06. The van der Waals surface area contributed by atoms with Crippen molar-refractivity contribution in [1.29, 1.82) is 0 Å². The van der Waals surface area contributed by atoms with Gasteiger partial charge in [0.25, 0.3) is 0 Å². The first-order chi connectivity index (χ1) is 13.7. The van der Waals surface area contributed by atoms with Gasteiger partial charge in [-0.2, -0.15) is 0 Å². The van der Waals surface area contributed by atoms with Crippen molar-refractivity contribution in [2.24, 2.45) is 4.99 Å². The first-order valence-corrected chi connectivity index (χ1v) is 11.0. The van der Waals surface area contributed by atoms with E-state index in [1.54, 1.807) is 0 Å². The lowest BCUT2D eigenvalue weighted by molar-refractivity contribution is 0.274. The molecule has 0 spiro atoms. The molecule has 1 aromatic heterocycles. The summed E-state index contributed by atoms with van der Waals surface area (Å²) in [4.78, 5) is 9.65. The van der Waals surface area contributed by atoms with E-state index in [9.17, 15) is 0 Å². The van der Waals surface area contributed by atoms with E-state index >= 15 is 0 Å². The van der Waals surface area contributed by atoms with Gasteiger partial charge in [0.1, 0.15) is 6.54 Å². The van der Waals surface area contributed by atoms with E-state index in [1.807, 2.05) is 0 Å². The van der Waals surface area contributed by atoms with Crippen LogP contribution in [0.4, 0.5) is 0 Å². The molecule has 0 saturated carbocycles. The van der Waals surface area contributed by atoms with E-state index in [2.05, 4.69) is 64.5 Å². The van der Waals surface area contributed by atoms with E-state index in [0.29, 0.717) is 12.5 Å². The highest BCUT2D eigenvalue weighted by Gasteiger charge is 2.13. The topological polar surface area (TPSA) is 68.9 Å². The normalized spacial score (nSPS) is 16.5. The lowest BCUT2D eigenvalue weighted by atomic mass is 9.99. The third-order valence-corrected chi connectivity index (χ3v) is 5.47. The van der Waals surface area contributed by atoms with Gasteiger partial charge in [0, 0.05) is 38.2 Å². The van der Waals surface area contributed by atoms with E-state index < -0.39 is 0 Å². The minimum Gasteiger partial charge on any atom is -0.359 e. The largest absolute Gasteiger partial charge is 0.359 e. The Morgan fingerprint density at radius 1 is 1.17 bits per heavy atom. The molecule has 2 rings (SSSR count). The molecule has 8 heteroatoms. The number of nitrogens with one attached hydrogen (secondary N) is 2. The Balaban J connectivity index is 0.00000420. The Morgan fingerprint density at radius 3 is 2.69 bits per heavy atom. The summed E-state index contributed by atoms with van der Waals surface area (Å²) in [6.07, 6.45) is 4.56. The minimum absolute atomic E-state index is 0. The summed E-state index contributed by atoms with van der Waals surface area (Å²) in [5.74, 6) is 2.15. The van der Waals surface area contributed by atoms with E-state index in [1.165, 1.54) is 32.6 Å². The molecule has 0 unspecified atom stereocenters. The number of aromatic nitrogens is 1. The SMILES string of the molecule is CCNC(=NCc1cc(C(CC)CC)no1)NCCCN1CCCN(C)CC1.I. The molecule has 0 aliphatic carbocycles. The number of hydrogen-bond donors (Lipinski definition) is 2. The fourth-order valence-corrected chi connectivity index (χ4v) is 3.63. The predicted octanol–water partition coefficient (Wildman–Crippen LogP) is 3.28. The molecule has 0 amide bonds. The first-order valence-electron chi connectivity index (χ1n) is 11.0. The molecular weight excluding hydrogens is 479 g/mol. The van der Waals surface area contributed by atoms with Gasteiger partial charge < -0.3 is 25.0 Å². The number of halogens is 1. The standard InChI is InChI=1S/C21H40N6O.HI/c1-5-18(6-2)20-16-19(28-25-20)17-24-21(22-7-3)23-10-8-12-27-13-9-11-26(4)14-15-27;/h16,18H,5-15,17H2,1-4H3,(H2,22,23,24);1H. The van der Waals surface area contributed by atoms with Gasteiger partial charge in [-0.25, -0.2) is 4.99 Å². The van der Waals surface area contributed by atoms with Crippen LogP contribution >= 0.6 is 24.0 Å². The number of likely N-dealkylation sites (N-methyl/N-ethyl adjacent to an activating group) is 1. The number of guanidine groups is 1. The van der Waals surface area contributed by atoms with Crippen molar-refractivity contribution in [1.82, 2.24) is 25.6 Å². The van der Waals surface area contributed by atoms with Gasteiger partial charge in [-0.1, -0.05) is 19.0 Å². The molecule has 2 N–H and O–H groups in total. The summed E-state index contributed by atoms with van der Waals surface area (Å²) in [5.41, 5.74) is 1.05. The second kappa shape index (κ2) is 15.0. The summed E-state index contributed by atoms with van der Waals surface area (Å²) in [6, 6.07) is 2.06. The molecule has 2 heterocycles. The van der Waals surface area contributed by atoms with Gasteiger partial charge in [0.15, 0.2) is 11.7 Å². The van der Waals surface area contributed by atoms with Crippen molar-refractivity contribution in [2.45, 2.75) is 58.9 Å². The van der Waals surface area contributed by atoms with Crippen molar-refractivity contribution >= 4 is 29.9 Å². The molecule has 29 heavy (non-hydrogen) atoms. The van der Waals surface area contributed by atoms with Crippen molar-refractivity contribution in [3.63, 3.8) is 0 Å². The molecule has 7 nitrogen and oxygen atoms in total. The maximum Gasteiger partial charge on any atom is 0.191 e. The Bertz CT molecular complexity index is 575. The molecule has 1 aromatic rings. The fourth-order valence-electron chi connectivity index (χ4n) is 3.63. The predicted molar refractivity (Wildman–Crippen MR) is 131 cm³/mol. The molecule has 168 valence electrons. The quantitative estimate of drug-likeness (QED) is 0.214. The smallest absolute Gasteiger partial charge is 0.191 e. The highest BCUT2D eigenvalue weighted by molar-refractivity contribution is 14.0. The van der Waals surface area contributed by atoms with Gasteiger partial charge in [0.05, 0.1) is 5.69 Å². The van der Waals surface area contributed by atoms with E-state index in [4.69, 9.17) is 4.52 Å². The monoisotopic (exact) mass is 520 g/mol. The van der Waals surface area contributed by atoms with Crippen LogP contribution in [0.1, 0.15) is 63.8 Å². The molecule has 1 fully saturated rings. The van der Waals surface area contributed by atoms with E-state index in [-0.39, 0.29) is 24.0 Å². The van der Waals surface area contributed by atoms with Crippen molar-refractivity contribution in [2.75, 3.05) is 52.9 Å². The third kappa shape index (κ3) is 9.65. The van der Waals surface area contributed by atoms with Crippen LogP contribution in [0.5, 0.6) is 0 Å². The maximum atomic E-state index is 5.48. The summed E-state index contributed by atoms with van der Waals surface area (Å²) < 4.78 is 5.48. The van der Waals surface area contributed by atoms with Crippen LogP contribution in [0.15, 0.2) is 15.6 Å². The Labute approximate surface area is 194 Å². The molecule has 1 aliphatic heterocycles. The molecule has 0 bridgehead atoms. The van der Waals surface area contributed by atoms with Crippen LogP contribution in [-0.2, 0) is 6.54 Å². The molecular formula is C21H41IN6O. The summed E-state index contributed by atoms with van der Waals surface area (Å²) in [7, 11) is 2.21. The van der Waals surface area contributed by atoms with Crippen LogP contribution in [0.25, 0.3) is 0 Å². The first kappa shape index (κ1) is 26.2. The van der Waals surface area contributed by atoms with Crippen LogP contribution in [-0.4, -0.2) is 73.8 Å². The fraction of sp³-hybridized carbons (Fsp3) is 0.810. The summed E-state index contributed by atoms with van der Waals surface area (Å²) >= 11 is 0. The molecule has 1 saturated heterocycles. The minimum atomic E-state index is 0. The second-order valence-corrected chi connectivity index (χ2v) is 7.71. The lowest BCUT2D eigenvalue weighted by Crippen LogP contribution is -2.39. The molecule has 0 atom stereocenters. The number of hydrogen-bond acceptors (Lipinski definition) is 5. The summed E-state index contributed by atoms with van der Waals surface area (Å²) in [5, 5.41) is 11.0. The van der Waals surface area contributed by atoms with Gasteiger partial charge in [0.2, 0.25) is 0 Å². The zero-order valence-corrected chi connectivity index (χ0v) is 21.1. The molecule has 0 radical (unpaired) electrons. The van der Waals surface area contributed by atoms with Gasteiger partial charge in [-0.3, -0.25) is 0 Å². The third-order valence-electron chi connectivity index (χ3n) is 5.47. The zero-order chi connectivity index (χ0) is 20.2. The highest BCUT2D eigenvalue weighted by atomic mass is 127. The van der Waals surface area contributed by atoms with Crippen LogP contribution in [0, 0.1) is 0 Å². The number of rotatable bonds is 10. The number of aliphatic imine (C=N–C) groups is 1. The van der Waals surface area contributed by atoms with E-state index in [0.717, 1.165) is 56.3 Å². The van der Waals surface area contributed by atoms with Crippen LogP contribution in [0.2, 0.25) is 0 Å². The average molecular weight is 521 g/mol. The van der Waals surface area contributed by atoms with Crippen molar-refractivity contribution in [3.8, 4) is 0 Å². The second-order valence-electron chi connectivity index (χ2n) is 7.71. The number of nitrogens with zero attached hydrogens (tertiary/aromatic N) is 4. The summed E-state index contributed by atoms with van der Waals surface area (Å²) in [6.45, 7) is 14.7. The van der Waals surface area contributed by atoms with Crippen molar-refractivity contribution in [3.05, 3.63) is 17.5 Å². The zero-order valence-electron chi connectivity index (χ0n) is 18.7. The van der Waals surface area contributed by atoms with Gasteiger partial charge in [-0.15, -0.1) is 24.0 Å². The molecule has 1 aliphatic rings. The van der Waals surface area contributed by atoms with Gasteiger partial charge in [-0.05, 0) is 59.3 Å². The maximum absolute atomic E-state index is 5.48.